The molecule has 0 spiro atoms. The Morgan fingerprint density at radius 2 is 1.79 bits per heavy atom. The van der Waals surface area contributed by atoms with Gasteiger partial charge in [-0.15, -0.1) is 0 Å². The molecule has 4 heteroatoms. The third kappa shape index (κ3) is 4.03. The van der Waals surface area contributed by atoms with Gasteiger partial charge in [0, 0.05) is 10.5 Å². The minimum Gasteiger partial charge on any atom is -0.380 e. The fourth-order valence-corrected chi connectivity index (χ4v) is 2.16. The van der Waals surface area contributed by atoms with E-state index in [1.54, 1.807) is 0 Å². The number of anilines is 1. The molecule has 1 atom stereocenters. The van der Waals surface area contributed by atoms with Gasteiger partial charge in [0.15, 0.2) is 0 Å². The van der Waals surface area contributed by atoms with Gasteiger partial charge in [-0.3, -0.25) is 0 Å². The standard InChI is InChI=1S/C15H14BrF2N/c1-10(8-11-2-4-12(16)5-3-11)19-15-9-13(17)6-7-14(15)18/h2-7,9-10,19H,8H2,1H3. The molecule has 1 N–H and O–H groups in total. The highest BCUT2D eigenvalue weighted by molar-refractivity contribution is 9.10. The maximum absolute atomic E-state index is 13.5. The van der Waals surface area contributed by atoms with E-state index in [2.05, 4.69) is 21.2 Å². The Bertz CT molecular complexity index is 555. The van der Waals surface area contributed by atoms with Gasteiger partial charge in [0.1, 0.15) is 11.6 Å². The van der Waals surface area contributed by atoms with E-state index in [4.69, 9.17) is 0 Å². The summed E-state index contributed by atoms with van der Waals surface area (Å²) in [6.07, 6.45) is 0.739. The van der Waals surface area contributed by atoms with Crippen molar-refractivity contribution in [3.63, 3.8) is 0 Å². The molecule has 0 aliphatic carbocycles. The average molecular weight is 326 g/mol. The summed E-state index contributed by atoms with van der Waals surface area (Å²) in [6.45, 7) is 1.94. The molecule has 0 saturated heterocycles. The zero-order valence-corrected chi connectivity index (χ0v) is 12.0. The molecule has 2 rings (SSSR count). The first-order chi connectivity index (χ1) is 9.04. The SMILES string of the molecule is CC(Cc1ccc(Br)cc1)Nc1cc(F)ccc1F. The number of hydrogen-bond acceptors (Lipinski definition) is 1. The van der Waals surface area contributed by atoms with Crippen molar-refractivity contribution in [1.82, 2.24) is 0 Å². The molecule has 0 aliphatic rings. The highest BCUT2D eigenvalue weighted by atomic mass is 79.9. The molecule has 0 radical (unpaired) electrons. The molecular formula is C15H14BrF2N. The highest BCUT2D eigenvalue weighted by Crippen LogP contribution is 2.18. The van der Waals surface area contributed by atoms with E-state index >= 15 is 0 Å². The van der Waals surface area contributed by atoms with Crippen LogP contribution < -0.4 is 5.32 Å². The van der Waals surface area contributed by atoms with Crippen LogP contribution in [0.2, 0.25) is 0 Å². The third-order valence-corrected chi connectivity index (χ3v) is 3.31. The lowest BCUT2D eigenvalue weighted by Crippen LogP contribution is -2.19. The van der Waals surface area contributed by atoms with Gasteiger partial charge < -0.3 is 5.32 Å². The van der Waals surface area contributed by atoms with Crippen molar-refractivity contribution in [2.75, 3.05) is 5.32 Å². The zero-order chi connectivity index (χ0) is 13.8. The number of benzene rings is 2. The summed E-state index contributed by atoms with van der Waals surface area (Å²) in [5.41, 5.74) is 1.34. The number of halogens is 3. The van der Waals surface area contributed by atoms with Crippen LogP contribution in [0.25, 0.3) is 0 Å². The van der Waals surface area contributed by atoms with Crippen LogP contribution in [0.5, 0.6) is 0 Å². The van der Waals surface area contributed by atoms with E-state index in [1.165, 1.54) is 6.07 Å². The largest absolute Gasteiger partial charge is 0.380 e. The van der Waals surface area contributed by atoms with Gasteiger partial charge >= 0.3 is 0 Å². The lowest BCUT2D eigenvalue weighted by atomic mass is 10.1. The third-order valence-electron chi connectivity index (χ3n) is 2.79. The normalized spacial score (nSPS) is 12.2. The summed E-state index contributed by atoms with van der Waals surface area (Å²) in [7, 11) is 0. The van der Waals surface area contributed by atoms with Crippen LogP contribution in [-0.2, 0) is 6.42 Å². The van der Waals surface area contributed by atoms with Gasteiger partial charge in [-0.2, -0.15) is 0 Å². The molecule has 0 bridgehead atoms. The second-order valence-electron chi connectivity index (χ2n) is 4.50. The number of hydrogen-bond donors (Lipinski definition) is 1. The van der Waals surface area contributed by atoms with Crippen LogP contribution in [0.15, 0.2) is 46.9 Å². The van der Waals surface area contributed by atoms with Crippen LogP contribution >= 0.6 is 15.9 Å². The molecule has 19 heavy (non-hydrogen) atoms. The monoisotopic (exact) mass is 325 g/mol. The Morgan fingerprint density at radius 1 is 1.11 bits per heavy atom. The van der Waals surface area contributed by atoms with E-state index in [9.17, 15) is 8.78 Å². The van der Waals surface area contributed by atoms with E-state index in [0.29, 0.717) is 0 Å². The van der Waals surface area contributed by atoms with Crippen molar-refractivity contribution in [3.05, 3.63) is 64.1 Å². The smallest absolute Gasteiger partial charge is 0.146 e. The second-order valence-corrected chi connectivity index (χ2v) is 5.42. The van der Waals surface area contributed by atoms with E-state index in [0.717, 1.165) is 28.6 Å². The predicted molar refractivity (Wildman–Crippen MR) is 77.3 cm³/mol. The van der Waals surface area contributed by atoms with Crippen LogP contribution in [0, 0.1) is 11.6 Å². The Hall–Kier alpha value is -1.42. The maximum Gasteiger partial charge on any atom is 0.146 e. The minimum absolute atomic E-state index is 0.0116. The highest BCUT2D eigenvalue weighted by Gasteiger charge is 2.08. The lowest BCUT2D eigenvalue weighted by molar-refractivity contribution is 0.599. The second kappa shape index (κ2) is 6.15. The molecule has 0 aliphatic heterocycles. The van der Waals surface area contributed by atoms with Crippen LogP contribution in [0.1, 0.15) is 12.5 Å². The van der Waals surface area contributed by atoms with E-state index in [-0.39, 0.29) is 11.7 Å². The Balaban J connectivity index is 2.02. The maximum atomic E-state index is 13.5. The molecule has 1 unspecified atom stereocenters. The number of nitrogens with one attached hydrogen (secondary N) is 1. The van der Waals surface area contributed by atoms with Gasteiger partial charge in [-0.05, 0) is 49.2 Å². The van der Waals surface area contributed by atoms with Crippen molar-refractivity contribution in [3.8, 4) is 0 Å². The van der Waals surface area contributed by atoms with Gasteiger partial charge in [0.25, 0.3) is 0 Å². The summed E-state index contributed by atoms with van der Waals surface area (Å²) in [6, 6.07) is 11.4. The predicted octanol–water partition coefficient (Wildman–Crippen LogP) is 4.77. The molecule has 0 aromatic heterocycles. The quantitative estimate of drug-likeness (QED) is 0.853. The Morgan fingerprint density at radius 3 is 2.47 bits per heavy atom. The molecule has 2 aromatic rings. The van der Waals surface area contributed by atoms with Crippen molar-refractivity contribution in [2.45, 2.75) is 19.4 Å². The number of rotatable bonds is 4. The molecule has 1 nitrogen and oxygen atoms in total. The van der Waals surface area contributed by atoms with Crippen LogP contribution in [0.3, 0.4) is 0 Å². The first kappa shape index (κ1) is 14.0. The van der Waals surface area contributed by atoms with Crippen LogP contribution in [-0.4, -0.2) is 6.04 Å². The van der Waals surface area contributed by atoms with Gasteiger partial charge in [-0.1, -0.05) is 28.1 Å². The van der Waals surface area contributed by atoms with Crippen molar-refractivity contribution >= 4 is 21.6 Å². The zero-order valence-electron chi connectivity index (χ0n) is 10.5. The molecular weight excluding hydrogens is 312 g/mol. The summed E-state index contributed by atoms with van der Waals surface area (Å²) in [5.74, 6) is -0.885. The topological polar surface area (TPSA) is 12.0 Å². The molecule has 0 fully saturated rings. The van der Waals surface area contributed by atoms with Gasteiger partial charge in [0.05, 0.1) is 5.69 Å². The fourth-order valence-electron chi connectivity index (χ4n) is 1.90. The van der Waals surface area contributed by atoms with Gasteiger partial charge in [0.2, 0.25) is 0 Å². The summed E-state index contributed by atoms with van der Waals surface area (Å²) >= 11 is 3.38. The molecule has 0 amide bonds. The lowest BCUT2D eigenvalue weighted by Gasteiger charge is -2.16. The van der Waals surface area contributed by atoms with E-state index < -0.39 is 11.6 Å². The summed E-state index contributed by atoms with van der Waals surface area (Å²) in [4.78, 5) is 0. The van der Waals surface area contributed by atoms with Crippen molar-refractivity contribution in [1.29, 1.82) is 0 Å². The van der Waals surface area contributed by atoms with Crippen LogP contribution in [0.4, 0.5) is 14.5 Å². The Kier molecular flexibility index (Phi) is 4.53. The Labute approximate surface area is 119 Å². The molecule has 100 valence electrons. The molecule has 2 aromatic carbocycles. The van der Waals surface area contributed by atoms with Crippen molar-refractivity contribution in [2.24, 2.45) is 0 Å². The van der Waals surface area contributed by atoms with Gasteiger partial charge in [-0.25, -0.2) is 8.78 Å². The molecule has 0 saturated carbocycles. The summed E-state index contributed by atoms with van der Waals surface area (Å²) < 4.78 is 27.6. The molecule has 0 heterocycles. The first-order valence-electron chi connectivity index (χ1n) is 6.00. The van der Waals surface area contributed by atoms with E-state index in [1.807, 2.05) is 31.2 Å². The average Bonchev–Trinajstić information content (AvgIpc) is 2.37. The fraction of sp³-hybridized carbons (Fsp3) is 0.200. The minimum atomic E-state index is -0.445. The first-order valence-corrected chi connectivity index (χ1v) is 6.80. The summed E-state index contributed by atoms with van der Waals surface area (Å²) in [5, 5.41) is 2.99. The van der Waals surface area contributed by atoms with Crippen molar-refractivity contribution < 1.29 is 8.78 Å².